The van der Waals surface area contributed by atoms with Gasteiger partial charge in [0.1, 0.15) is 17.5 Å². The number of pyridine rings is 1. The van der Waals surface area contributed by atoms with Crippen molar-refractivity contribution in [3.05, 3.63) is 42.4 Å². The predicted molar refractivity (Wildman–Crippen MR) is 108 cm³/mol. The van der Waals surface area contributed by atoms with Gasteiger partial charge >= 0.3 is 0 Å². The van der Waals surface area contributed by atoms with E-state index in [4.69, 9.17) is 10.5 Å². The van der Waals surface area contributed by atoms with E-state index >= 15 is 0 Å². The van der Waals surface area contributed by atoms with Crippen LogP contribution in [0.3, 0.4) is 0 Å². The monoisotopic (exact) mass is 363 g/mol. The highest BCUT2D eigenvalue weighted by Gasteiger charge is 2.17. The van der Waals surface area contributed by atoms with Gasteiger partial charge in [-0.05, 0) is 31.9 Å². The fourth-order valence-electron chi connectivity index (χ4n) is 3.60. The Bertz CT molecular complexity index is 935. The number of nitrogens with one attached hydrogen (secondary N) is 1. The van der Waals surface area contributed by atoms with E-state index in [1.807, 2.05) is 37.3 Å². The average molecular weight is 363 g/mol. The Kier molecular flexibility index (Phi) is 5.05. The van der Waals surface area contributed by atoms with Gasteiger partial charge in [-0.15, -0.1) is 0 Å². The fourth-order valence-corrected chi connectivity index (χ4v) is 3.60. The summed E-state index contributed by atoms with van der Waals surface area (Å²) in [5.41, 5.74) is 8.50. The lowest BCUT2D eigenvalue weighted by Gasteiger charge is -2.19. The van der Waals surface area contributed by atoms with Crippen LogP contribution in [0.4, 0.5) is 11.5 Å². The minimum atomic E-state index is 0.358. The standard InChI is InChI=1S/C21H25N5O/c1-14-11-12-15-7-6-10-17(19(15)25-14)27-21-18(22)20(23-13-24-21)26-16-8-4-2-3-5-9-16/h6-7,10-13,16H,2-5,8-9,22H2,1H3,(H,23,24,26). The van der Waals surface area contributed by atoms with Gasteiger partial charge < -0.3 is 15.8 Å². The lowest BCUT2D eigenvalue weighted by molar-refractivity contribution is 0.468. The molecule has 3 aromatic rings. The number of hydrogen-bond acceptors (Lipinski definition) is 6. The van der Waals surface area contributed by atoms with Crippen molar-refractivity contribution in [2.24, 2.45) is 0 Å². The fraction of sp³-hybridized carbons (Fsp3) is 0.381. The third-order valence-corrected chi connectivity index (χ3v) is 5.07. The third kappa shape index (κ3) is 3.94. The summed E-state index contributed by atoms with van der Waals surface area (Å²) in [5, 5.41) is 4.51. The van der Waals surface area contributed by atoms with Crippen LogP contribution in [-0.2, 0) is 0 Å². The smallest absolute Gasteiger partial charge is 0.248 e. The van der Waals surface area contributed by atoms with Gasteiger partial charge in [-0.3, -0.25) is 0 Å². The second-order valence-corrected chi connectivity index (χ2v) is 7.16. The molecule has 1 fully saturated rings. The molecule has 3 N–H and O–H groups in total. The van der Waals surface area contributed by atoms with E-state index in [-0.39, 0.29) is 0 Å². The number of fused-ring (bicyclic) bond motifs is 1. The van der Waals surface area contributed by atoms with Crippen molar-refractivity contribution < 1.29 is 4.74 Å². The number of rotatable bonds is 4. The molecule has 1 aromatic carbocycles. The van der Waals surface area contributed by atoms with E-state index in [1.165, 1.54) is 32.0 Å². The molecule has 0 spiro atoms. The van der Waals surface area contributed by atoms with Crippen LogP contribution < -0.4 is 15.8 Å². The summed E-state index contributed by atoms with van der Waals surface area (Å²) >= 11 is 0. The average Bonchev–Trinajstić information content (AvgIpc) is 2.94. The summed E-state index contributed by atoms with van der Waals surface area (Å²) in [5.74, 6) is 1.65. The van der Waals surface area contributed by atoms with Gasteiger partial charge in [-0.1, -0.05) is 43.9 Å². The van der Waals surface area contributed by atoms with Crippen molar-refractivity contribution in [2.75, 3.05) is 11.1 Å². The molecule has 2 aromatic heterocycles. The maximum absolute atomic E-state index is 6.33. The Morgan fingerprint density at radius 2 is 1.85 bits per heavy atom. The Labute approximate surface area is 159 Å². The number of aromatic nitrogens is 3. The number of para-hydroxylation sites is 1. The quantitative estimate of drug-likeness (QED) is 0.645. The first kappa shape index (κ1) is 17.5. The number of ether oxygens (including phenoxy) is 1. The minimum absolute atomic E-state index is 0.358. The molecule has 0 bridgehead atoms. The predicted octanol–water partition coefficient (Wildman–Crippen LogP) is 4.84. The minimum Gasteiger partial charge on any atom is -0.435 e. The summed E-state index contributed by atoms with van der Waals surface area (Å²) in [6.07, 6.45) is 8.88. The van der Waals surface area contributed by atoms with Gasteiger partial charge in [0.05, 0.1) is 0 Å². The van der Waals surface area contributed by atoms with Gasteiger partial charge in [-0.25, -0.2) is 9.97 Å². The molecule has 0 aliphatic heterocycles. The Morgan fingerprint density at radius 3 is 2.67 bits per heavy atom. The summed E-state index contributed by atoms with van der Waals surface area (Å²) in [4.78, 5) is 13.2. The molecule has 1 aliphatic rings. The zero-order valence-electron chi connectivity index (χ0n) is 15.6. The number of nitrogens with two attached hydrogens (primary N) is 1. The lowest BCUT2D eigenvalue weighted by Crippen LogP contribution is -2.20. The summed E-state index contributed by atoms with van der Waals surface area (Å²) < 4.78 is 6.05. The van der Waals surface area contributed by atoms with E-state index in [0.717, 1.165) is 29.4 Å². The summed E-state index contributed by atoms with van der Waals surface area (Å²) in [6.45, 7) is 1.96. The van der Waals surface area contributed by atoms with Crippen molar-refractivity contribution in [2.45, 2.75) is 51.5 Å². The van der Waals surface area contributed by atoms with Crippen LogP contribution >= 0.6 is 0 Å². The van der Waals surface area contributed by atoms with Crippen LogP contribution in [0.2, 0.25) is 0 Å². The molecule has 0 unspecified atom stereocenters. The van der Waals surface area contributed by atoms with E-state index in [2.05, 4.69) is 20.3 Å². The zero-order valence-corrected chi connectivity index (χ0v) is 15.6. The summed E-state index contributed by atoms with van der Waals surface area (Å²) in [7, 11) is 0. The molecular formula is C21H25N5O. The number of nitrogens with zero attached hydrogens (tertiary/aromatic N) is 3. The van der Waals surface area contributed by atoms with Crippen molar-refractivity contribution in [1.29, 1.82) is 0 Å². The molecule has 140 valence electrons. The van der Waals surface area contributed by atoms with Crippen LogP contribution in [0.1, 0.15) is 44.2 Å². The molecule has 1 saturated carbocycles. The number of benzene rings is 1. The Hall–Kier alpha value is -2.89. The molecule has 6 nitrogen and oxygen atoms in total. The van der Waals surface area contributed by atoms with Crippen molar-refractivity contribution in [1.82, 2.24) is 15.0 Å². The highest BCUT2D eigenvalue weighted by atomic mass is 16.5. The van der Waals surface area contributed by atoms with Crippen molar-refractivity contribution in [3.8, 4) is 11.6 Å². The molecule has 27 heavy (non-hydrogen) atoms. The second kappa shape index (κ2) is 7.78. The molecule has 0 saturated heterocycles. The molecule has 0 radical (unpaired) electrons. The number of anilines is 2. The Morgan fingerprint density at radius 1 is 1.04 bits per heavy atom. The SMILES string of the molecule is Cc1ccc2cccc(Oc3ncnc(NC4CCCCCC4)c3N)c2n1. The number of hydrogen-bond donors (Lipinski definition) is 2. The van der Waals surface area contributed by atoms with E-state index in [0.29, 0.717) is 29.2 Å². The highest BCUT2D eigenvalue weighted by Crippen LogP contribution is 2.33. The first-order chi connectivity index (χ1) is 13.2. The van der Waals surface area contributed by atoms with Crippen LogP contribution in [0.15, 0.2) is 36.7 Å². The van der Waals surface area contributed by atoms with Gasteiger partial charge in [0.15, 0.2) is 11.6 Å². The van der Waals surface area contributed by atoms with Gasteiger partial charge in [0.2, 0.25) is 5.88 Å². The second-order valence-electron chi connectivity index (χ2n) is 7.16. The largest absolute Gasteiger partial charge is 0.435 e. The van der Waals surface area contributed by atoms with Crippen LogP contribution in [0.25, 0.3) is 10.9 Å². The lowest BCUT2D eigenvalue weighted by atomic mass is 10.1. The van der Waals surface area contributed by atoms with Crippen LogP contribution in [0.5, 0.6) is 11.6 Å². The first-order valence-corrected chi connectivity index (χ1v) is 9.62. The molecule has 0 atom stereocenters. The molecule has 1 aliphatic carbocycles. The molecular weight excluding hydrogens is 338 g/mol. The topological polar surface area (TPSA) is 86.0 Å². The van der Waals surface area contributed by atoms with Crippen LogP contribution in [-0.4, -0.2) is 21.0 Å². The van der Waals surface area contributed by atoms with Gasteiger partial charge in [0.25, 0.3) is 0 Å². The molecule has 6 heteroatoms. The molecule has 2 heterocycles. The molecule has 0 amide bonds. The normalized spacial score (nSPS) is 15.4. The highest BCUT2D eigenvalue weighted by molar-refractivity contribution is 5.85. The number of nitrogen functional groups attached to an aromatic ring is 1. The number of aryl methyl sites for hydroxylation is 1. The van der Waals surface area contributed by atoms with E-state index in [1.54, 1.807) is 0 Å². The van der Waals surface area contributed by atoms with Gasteiger partial charge in [-0.2, -0.15) is 4.98 Å². The molecule has 4 rings (SSSR count). The van der Waals surface area contributed by atoms with Crippen molar-refractivity contribution in [3.63, 3.8) is 0 Å². The van der Waals surface area contributed by atoms with Crippen LogP contribution in [0, 0.1) is 6.92 Å². The maximum Gasteiger partial charge on any atom is 0.248 e. The van der Waals surface area contributed by atoms with Gasteiger partial charge in [0, 0.05) is 17.1 Å². The zero-order chi connectivity index (χ0) is 18.6. The third-order valence-electron chi connectivity index (χ3n) is 5.07. The Balaban J connectivity index is 1.61. The van der Waals surface area contributed by atoms with Crippen molar-refractivity contribution >= 4 is 22.4 Å². The first-order valence-electron chi connectivity index (χ1n) is 9.62. The maximum atomic E-state index is 6.33. The summed E-state index contributed by atoms with van der Waals surface area (Å²) in [6, 6.07) is 10.3. The van der Waals surface area contributed by atoms with E-state index in [9.17, 15) is 0 Å². The van der Waals surface area contributed by atoms with E-state index < -0.39 is 0 Å².